The smallest absolute Gasteiger partial charge is 0.341 e. The summed E-state index contributed by atoms with van der Waals surface area (Å²) in [6, 6.07) is 4.91. The van der Waals surface area contributed by atoms with Crippen molar-refractivity contribution in [3.8, 4) is 5.75 Å². The van der Waals surface area contributed by atoms with Crippen molar-refractivity contribution in [2.24, 2.45) is 0 Å². The lowest BCUT2D eigenvalue weighted by Crippen LogP contribution is -2.41. The van der Waals surface area contributed by atoms with Gasteiger partial charge in [0, 0.05) is 12.8 Å². The molecule has 1 rings (SSSR count). The number of anilines is 1. The van der Waals surface area contributed by atoms with E-state index in [4.69, 9.17) is 14.2 Å². The number of ether oxygens (including phenoxy) is 3. The van der Waals surface area contributed by atoms with Gasteiger partial charge in [0.05, 0.1) is 13.2 Å². The molecule has 6 heteroatoms. The molecule has 1 aromatic rings. The molecule has 1 aromatic carbocycles. The minimum absolute atomic E-state index is 0.264. The fourth-order valence-corrected chi connectivity index (χ4v) is 1.97. The van der Waals surface area contributed by atoms with E-state index in [1.54, 1.807) is 32.0 Å². The number of methoxy groups -OCH3 is 1. The molecule has 24 heavy (non-hydrogen) atoms. The molecule has 0 spiro atoms. The highest BCUT2D eigenvalue weighted by atomic mass is 16.5. The van der Waals surface area contributed by atoms with Gasteiger partial charge < -0.3 is 19.5 Å². The van der Waals surface area contributed by atoms with Crippen LogP contribution in [0.5, 0.6) is 5.75 Å². The molecule has 134 valence electrons. The number of hydrogen-bond acceptors (Lipinski definition) is 5. The van der Waals surface area contributed by atoms with Crippen molar-refractivity contribution in [1.29, 1.82) is 0 Å². The van der Waals surface area contributed by atoms with Gasteiger partial charge in [-0.05, 0) is 44.9 Å². The number of amides is 1. The number of esters is 1. The van der Waals surface area contributed by atoms with Crippen LogP contribution in [0.25, 0.3) is 0 Å². The SMILES string of the molecule is CCCOc1ccc(NC(=O)C(C)(CC)OC)cc1C(=O)OCC. The van der Waals surface area contributed by atoms with Crippen molar-refractivity contribution in [2.45, 2.75) is 46.1 Å². The van der Waals surface area contributed by atoms with Gasteiger partial charge in [-0.2, -0.15) is 0 Å². The van der Waals surface area contributed by atoms with Gasteiger partial charge in [0.2, 0.25) is 0 Å². The molecule has 0 aliphatic carbocycles. The first-order valence-corrected chi connectivity index (χ1v) is 8.22. The number of carbonyl (C=O) groups excluding carboxylic acids is 2. The predicted octanol–water partition coefficient (Wildman–Crippen LogP) is 3.41. The Morgan fingerprint density at radius 1 is 1.21 bits per heavy atom. The number of hydrogen-bond donors (Lipinski definition) is 1. The molecule has 0 aromatic heterocycles. The molecule has 0 fully saturated rings. The molecule has 0 saturated carbocycles. The van der Waals surface area contributed by atoms with E-state index < -0.39 is 11.6 Å². The second kappa shape index (κ2) is 9.27. The molecule has 0 radical (unpaired) electrons. The zero-order chi connectivity index (χ0) is 18.2. The fraction of sp³-hybridized carbons (Fsp3) is 0.556. The van der Waals surface area contributed by atoms with E-state index in [0.717, 1.165) is 6.42 Å². The third-order valence-corrected chi connectivity index (χ3v) is 3.80. The molecule has 0 bridgehead atoms. The Bertz CT molecular complexity index is 567. The topological polar surface area (TPSA) is 73.9 Å². The van der Waals surface area contributed by atoms with Gasteiger partial charge in [-0.1, -0.05) is 13.8 Å². The van der Waals surface area contributed by atoms with Crippen LogP contribution in [0.15, 0.2) is 18.2 Å². The third-order valence-electron chi connectivity index (χ3n) is 3.80. The van der Waals surface area contributed by atoms with E-state index in [1.807, 2.05) is 13.8 Å². The number of carbonyl (C=O) groups is 2. The van der Waals surface area contributed by atoms with Crippen molar-refractivity contribution in [3.63, 3.8) is 0 Å². The quantitative estimate of drug-likeness (QED) is 0.699. The summed E-state index contributed by atoms with van der Waals surface area (Å²) in [5.41, 5.74) is -0.149. The van der Waals surface area contributed by atoms with E-state index in [-0.39, 0.29) is 12.5 Å². The van der Waals surface area contributed by atoms with Crippen molar-refractivity contribution in [3.05, 3.63) is 23.8 Å². The second-order valence-corrected chi connectivity index (χ2v) is 5.52. The number of nitrogens with one attached hydrogen (secondary N) is 1. The van der Waals surface area contributed by atoms with Crippen molar-refractivity contribution in [1.82, 2.24) is 0 Å². The van der Waals surface area contributed by atoms with Crippen LogP contribution in [0.2, 0.25) is 0 Å². The summed E-state index contributed by atoms with van der Waals surface area (Å²) in [4.78, 5) is 24.5. The summed E-state index contributed by atoms with van der Waals surface area (Å²) in [6.45, 7) is 8.06. The van der Waals surface area contributed by atoms with Gasteiger partial charge in [-0.15, -0.1) is 0 Å². The zero-order valence-corrected chi connectivity index (χ0v) is 15.1. The molecule has 0 saturated heterocycles. The van der Waals surface area contributed by atoms with Gasteiger partial charge in [-0.25, -0.2) is 4.79 Å². The van der Waals surface area contributed by atoms with E-state index in [0.29, 0.717) is 30.0 Å². The Labute approximate surface area is 143 Å². The Morgan fingerprint density at radius 2 is 1.92 bits per heavy atom. The summed E-state index contributed by atoms with van der Waals surface area (Å²) in [6.07, 6.45) is 1.35. The van der Waals surface area contributed by atoms with Gasteiger partial charge in [0.25, 0.3) is 5.91 Å². The van der Waals surface area contributed by atoms with Crippen LogP contribution in [0.3, 0.4) is 0 Å². The fourth-order valence-electron chi connectivity index (χ4n) is 1.97. The van der Waals surface area contributed by atoms with Gasteiger partial charge in [-0.3, -0.25) is 4.79 Å². The summed E-state index contributed by atoms with van der Waals surface area (Å²) >= 11 is 0. The molecular formula is C18H27NO5. The molecule has 1 N–H and O–H groups in total. The molecule has 0 aliphatic heterocycles. The normalized spacial score (nSPS) is 13.0. The van der Waals surface area contributed by atoms with Crippen LogP contribution in [-0.4, -0.2) is 37.8 Å². The molecular weight excluding hydrogens is 310 g/mol. The minimum Gasteiger partial charge on any atom is -0.493 e. The van der Waals surface area contributed by atoms with Gasteiger partial charge in [0.15, 0.2) is 0 Å². The van der Waals surface area contributed by atoms with Crippen LogP contribution in [0, 0.1) is 0 Å². The first-order chi connectivity index (χ1) is 11.4. The van der Waals surface area contributed by atoms with Crippen LogP contribution in [0.4, 0.5) is 5.69 Å². The Hall–Kier alpha value is -2.08. The van der Waals surface area contributed by atoms with Crippen LogP contribution in [-0.2, 0) is 14.3 Å². The molecule has 1 unspecified atom stereocenters. The average molecular weight is 337 g/mol. The standard InChI is InChI=1S/C18H27NO5/c1-6-11-24-15-10-9-13(12-14(15)16(20)23-8-3)19-17(21)18(4,7-2)22-5/h9-10,12H,6-8,11H2,1-5H3,(H,19,21). The first kappa shape index (κ1) is 20.0. The predicted molar refractivity (Wildman–Crippen MR) is 92.5 cm³/mol. The largest absolute Gasteiger partial charge is 0.493 e. The monoisotopic (exact) mass is 337 g/mol. The highest BCUT2D eigenvalue weighted by Crippen LogP contribution is 2.25. The Kier molecular flexibility index (Phi) is 7.71. The summed E-state index contributed by atoms with van der Waals surface area (Å²) in [7, 11) is 1.49. The van der Waals surface area contributed by atoms with E-state index in [9.17, 15) is 9.59 Å². The van der Waals surface area contributed by atoms with Crippen molar-refractivity contribution >= 4 is 17.6 Å². The first-order valence-electron chi connectivity index (χ1n) is 8.22. The number of rotatable bonds is 9. The minimum atomic E-state index is -0.929. The van der Waals surface area contributed by atoms with Gasteiger partial charge in [0.1, 0.15) is 16.9 Å². The number of benzene rings is 1. The van der Waals surface area contributed by atoms with E-state index in [1.165, 1.54) is 7.11 Å². The maximum absolute atomic E-state index is 12.4. The Balaban J connectivity index is 3.07. The molecule has 0 heterocycles. The summed E-state index contributed by atoms with van der Waals surface area (Å²) < 4.78 is 15.9. The molecule has 1 atom stereocenters. The average Bonchev–Trinajstić information content (AvgIpc) is 2.59. The highest BCUT2D eigenvalue weighted by molar-refractivity contribution is 5.99. The molecule has 0 aliphatic rings. The maximum Gasteiger partial charge on any atom is 0.341 e. The van der Waals surface area contributed by atoms with Crippen molar-refractivity contribution < 1.29 is 23.8 Å². The Morgan fingerprint density at radius 3 is 2.46 bits per heavy atom. The third kappa shape index (κ3) is 4.96. The zero-order valence-electron chi connectivity index (χ0n) is 15.1. The maximum atomic E-state index is 12.4. The van der Waals surface area contributed by atoms with Gasteiger partial charge >= 0.3 is 5.97 Å². The molecule has 1 amide bonds. The van der Waals surface area contributed by atoms with Crippen LogP contribution < -0.4 is 10.1 Å². The van der Waals surface area contributed by atoms with Crippen LogP contribution in [0.1, 0.15) is 50.9 Å². The lowest BCUT2D eigenvalue weighted by molar-refractivity contribution is -0.136. The summed E-state index contributed by atoms with van der Waals surface area (Å²) in [5.74, 6) is -0.312. The van der Waals surface area contributed by atoms with E-state index in [2.05, 4.69) is 5.32 Å². The second-order valence-electron chi connectivity index (χ2n) is 5.52. The van der Waals surface area contributed by atoms with Crippen molar-refractivity contribution in [2.75, 3.05) is 25.6 Å². The lowest BCUT2D eigenvalue weighted by atomic mass is 10.0. The highest BCUT2D eigenvalue weighted by Gasteiger charge is 2.31. The van der Waals surface area contributed by atoms with E-state index >= 15 is 0 Å². The van der Waals surface area contributed by atoms with Crippen LogP contribution >= 0.6 is 0 Å². The summed E-state index contributed by atoms with van der Waals surface area (Å²) in [5, 5.41) is 2.78. The lowest BCUT2D eigenvalue weighted by Gasteiger charge is -2.25. The molecule has 6 nitrogen and oxygen atoms in total.